The van der Waals surface area contributed by atoms with Crippen LogP contribution in [0, 0.1) is 10.1 Å². The van der Waals surface area contributed by atoms with Gasteiger partial charge in [-0.15, -0.1) is 11.8 Å². The van der Waals surface area contributed by atoms with Crippen molar-refractivity contribution in [2.75, 3.05) is 12.4 Å². The number of benzene rings is 1. The molecule has 2 rings (SSSR count). The number of non-ortho nitro benzene ring substituents is 1. The van der Waals surface area contributed by atoms with Gasteiger partial charge in [0, 0.05) is 17.9 Å². The molecular formula is C12H14N2O4S. The topological polar surface area (TPSA) is 81.5 Å². The smallest absolute Gasteiger partial charge is 0.324 e. The van der Waals surface area contributed by atoms with Crippen LogP contribution < -0.4 is 5.32 Å². The van der Waals surface area contributed by atoms with E-state index >= 15 is 0 Å². The van der Waals surface area contributed by atoms with E-state index in [0.717, 1.165) is 5.56 Å². The fourth-order valence-electron chi connectivity index (χ4n) is 1.81. The molecule has 1 aliphatic heterocycles. The van der Waals surface area contributed by atoms with Gasteiger partial charge in [-0.2, -0.15) is 0 Å². The highest BCUT2D eigenvalue weighted by Gasteiger charge is 2.31. The van der Waals surface area contributed by atoms with E-state index in [2.05, 4.69) is 5.32 Å². The summed E-state index contributed by atoms with van der Waals surface area (Å²) in [5.41, 5.74) is 0.982. The van der Waals surface area contributed by atoms with Crippen LogP contribution in [0.5, 0.6) is 0 Å². The van der Waals surface area contributed by atoms with Gasteiger partial charge in [-0.05, 0) is 24.6 Å². The van der Waals surface area contributed by atoms with Gasteiger partial charge in [-0.1, -0.05) is 0 Å². The lowest BCUT2D eigenvalue weighted by Gasteiger charge is -2.12. The highest BCUT2D eigenvalue weighted by Crippen LogP contribution is 2.33. The molecule has 0 saturated carbocycles. The Morgan fingerprint density at radius 3 is 2.79 bits per heavy atom. The van der Waals surface area contributed by atoms with Crippen LogP contribution in [0.2, 0.25) is 0 Å². The molecule has 102 valence electrons. The Bertz CT molecular complexity index is 477. The third kappa shape index (κ3) is 3.24. The third-order valence-corrected chi connectivity index (χ3v) is 4.03. The number of nitro groups is 1. The van der Waals surface area contributed by atoms with Crippen molar-refractivity contribution in [3.8, 4) is 0 Å². The molecule has 1 aromatic carbocycles. The van der Waals surface area contributed by atoms with Crippen LogP contribution in [0.4, 0.5) is 5.69 Å². The molecule has 1 unspecified atom stereocenters. The number of hydrogen-bond acceptors (Lipinski definition) is 6. The Morgan fingerprint density at radius 1 is 1.53 bits per heavy atom. The molecule has 19 heavy (non-hydrogen) atoms. The van der Waals surface area contributed by atoms with E-state index in [4.69, 9.17) is 4.74 Å². The Morgan fingerprint density at radius 2 is 2.21 bits per heavy atom. The van der Waals surface area contributed by atoms with E-state index in [-0.39, 0.29) is 23.1 Å². The molecule has 1 saturated heterocycles. The van der Waals surface area contributed by atoms with Crippen molar-refractivity contribution in [1.29, 1.82) is 0 Å². The van der Waals surface area contributed by atoms with Gasteiger partial charge >= 0.3 is 5.97 Å². The average Bonchev–Trinajstić information content (AvgIpc) is 2.89. The number of nitrogens with one attached hydrogen (secondary N) is 1. The van der Waals surface area contributed by atoms with E-state index < -0.39 is 4.92 Å². The number of nitro benzene ring substituents is 1. The number of carbonyl (C=O) groups excluding carboxylic acids is 1. The molecule has 6 nitrogen and oxygen atoms in total. The van der Waals surface area contributed by atoms with Crippen molar-refractivity contribution in [3.63, 3.8) is 0 Å². The fourth-order valence-corrected chi connectivity index (χ4v) is 3.04. The highest BCUT2D eigenvalue weighted by atomic mass is 32.2. The number of nitrogens with zero attached hydrogens (tertiary/aromatic N) is 1. The molecule has 1 fully saturated rings. The van der Waals surface area contributed by atoms with E-state index in [1.807, 2.05) is 0 Å². The van der Waals surface area contributed by atoms with Crippen molar-refractivity contribution in [3.05, 3.63) is 39.9 Å². The minimum absolute atomic E-state index is 0.0322. The Kier molecular flexibility index (Phi) is 4.39. The van der Waals surface area contributed by atoms with E-state index in [9.17, 15) is 14.9 Å². The zero-order valence-electron chi connectivity index (χ0n) is 10.4. The van der Waals surface area contributed by atoms with Crippen LogP contribution in [-0.4, -0.2) is 29.3 Å². The second-order valence-electron chi connectivity index (χ2n) is 4.03. The van der Waals surface area contributed by atoms with Gasteiger partial charge < -0.3 is 4.74 Å². The summed E-state index contributed by atoms with van der Waals surface area (Å²) >= 11 is 1.59. The van der Waals surface area contributed by atoms with Gasteiger partial charge in [-0.3, -0.25) is 20.2 Å². The van der Waals surface area contributed by atoms with E-state index in [1.165, 1.54) is 12.1 Å². The van der Waals surface area contributed by atoms with Crippen molar-refractivity contribution in [2.24, 2.45) is 0 Å². The largest absolute Gasteiger partial charge is 0.465 e. The van der Waals surface area contributed by atoms with Gasteiger partial charge in [0.25, 0.3) is 5.69 Å². The van der Waals surface area contributed by atoms with Crippen LogP contribution in [0.3, 0.4) is 0 Å². The SMILES string of the molecule is CCOC(=O)[C@@H]1CSC(c2ccc([N+](=O)[O-])cc2)N1. The first-order valence-electron chi connectivity index (χ1n) is 5.90. The number of esters is 1. The van der Waals surface area contributed by atoms with Crippen molar-refractivity contribution < 1.29 is 14.5 Å². The summed E-state index contributed by atoms with van der Waals surface area (Å²) in [5, 5.41) is 13.7. The van der Waals surface area contributed by atoms with Gasteiger partial charge in [0.05, 0.1) is 16.9 Å². The van der Waals surface area contributed by atoms with E-state index in [0.29, 0.717) is 12.4 Å². The van der Waals surface area contributed by atoms with Gasteiger partial charge in [0.1, 0.15) is 6.04 Å². The summed E-state index contributed by atoms with van der Waals surface area (Å²) in [5.74, 6) is 0.389. The quantitative estimate of drug-likeness (QED) is 0.515. The maximum atomic E-state index is 11.6. The van der Waals surface area contributed by atoms with Crippen molar-refractivity contribution in [1.82, 2.24) is 5.32 Å². The number of rotatable bonds is 4. The predicted molar refractivity (Wildman–Crippen MR) is 71.9 cm³/mol. The number of hydrogen-bond donors (Lipinski definition) is 1. The number of carbonyl (C=O) groups is 1. The Labute approximate surface area is 114 Å². The highest BCUT2D eigenvalue weighted by molar-refractivity contribution is 7.99. The average molecular weight is 282 g/mol. The molecule has 1 N–H and O–H groups in total. The molecule has 0 aliphatic carbocycles. The first-order chi connectivity index (χ1) is 9.11. The second kappa shape index (κ2) is 6.03. The maximum Gasteiger partial charge on any atom is 0.324 e. The number of thioether (sulfide) groups is 1. The molecule has 2 atom stereocenters. The molecular weight excluding hydrogens is 268 g/mol. The van der Waals surface area contributed by atoms with Crippen molar-refractivity contribution >= 4 is 23.4 Å². The molecule has 1 heterocycles. The molecule has 1 aliphatic rings. The normalized spacial score (nSPS) is 22.2. The molecule has 0 radical (unpaired) electrons. The summed E-state index contributed by atoms with van der Waals surface area (Å²) < 4.78 is 4.96. The lowest BCUT2D eigenvalue weighted by Crippen LogP contribution is -2.35. The molecule has 1 aromatic rings. The monoisotopic (exact) mass is 282 g/mol. The molecule has 0 bridgehead atoms. The molecule has 0 amide bonds. The summed E-state index contributed by atoms with van der Waals surface area (Å²) in [6, 6.07) is 6.03. The number of ether oxygens (including phenoxy) is 1. The molecule has 0 spiro atoms. The zero-order chi connectivity index (χ0) is 13.8. The van der Waals surface area contributed by atoms with Gasteiger partial charge in [-0.25, -0.2) is 0 Å². The minimum Gasteiger partial charge on any atom is -0.465 e. The summed E-state index contributed by atoms with van der Waals surface area (Å²) in [6.07, 6.45) is 0. The van der Waals surface area contributed by atoms with Gasteiger partial charge in [0.15, 0.2) is 0 Å². The van der Waals surface area contributed by atoms with Crippen molar-refractivity contribution in [2.45, 2.75) is 18.3 Å². The van der Waals surface area contributed by atoms with Crippen LogP contribution in [0.25, 0.3) is 0 Å². The Balaban J connectivity index is 2.00. The van der Waals surface area contributed by atoms with Crippen LogP contribution >= 0.6 is 11.8 Å². The molecule has 7 heteroatoms. The lowest BCUT2D eigenvalue weighted by molar-refractivity contribution is -0.384. The lowest BCUT2D eigenvalue weighted by atomic mass is 10.2. The summed E-state index contributed by atoms with van der Waals surface area (Å²) in [7, 11) is 0. The summed E-state index contributed by atoms with van der Waals surface area (Å²) in [6.45, 7) is 2.14. The maximum absolute atomic E-state index is 11.6. The first kappa shape index (κ1) is 13.8. The Hall–Kier alpha value is -1.60. The molecule has 0 aromatic heterocycles. The van der Waals surface area contributed by atoms with E-state index in [1.54, 1.807) is 30.8 Å². The third-order valence-electron chi connectivity index (χ3n) is 2.76. The minimum atomic E-state index is -0.430. The van der Waals surface area contributed by atoms with Crippen LogP contribution in [0.15, 0.2) is 24.3 Å². The summed E-state index contributed by atoms with van der Waals surface area (Å²) in [4.78, 5) is 21.7. The van der Waals surface area contributed by atoms with Crippen LogP contribution in [0.1, 0.15) is 17.9 Å². The van der Waals surface area contributed by atoms with Gasteiger partial charge in [0.2, 0.25) is 0 Å². The first-order valence-corrected chi connectivity index (χ1v) is 6.95. The second-order valence-corrected chi connectivity index (χ2v) is 5.17. The predicted octanol–water partition coefficient (Wildman–Crippen LogP) is 1.86. The standard InChI is InChI=1S/C12H14N2O4S/c1-2-18-12(15)10-7-19-11(13-10)8-3-5-9(6-4-8)14(16)17/h3-6,10-11,13H,2,7H2,1H3/t10-,11?/m0/s1. The zero-order valence-corrected chi connectivity index (χ0v) is 11.2. The van der Waals surface area contributed by atoms with Crippen LogP contribution in [-0.2, 0) is 9.53 Å². The fraction of sp³-hybridized carbons (Fsp3) is 0.417.